The molecule has 0 bridgehead atoms. The molecule has 0 spiro atoms. The number of likely N-dealkylation sites (tertiary alicyclic amines) is 1. The molecule has 2 saturated heterocycles. The molecule has 1 aromatic rings. The van der Waals surface area contributed by atoms with Crippen LogP contribution in [0.15, 0.2) is 18.5 Å². The van der Waals surface area contributed by atoms with Gasteiger partial charge in [-0.1, -0.05) is 0 Å². The second-order valence-electron chi connectivity index (χ2n) is 7.19. The molecule has 0 aliphatic carbocycles. The highest BCUT2D eigenvalue weighted by molar-refractivity contribution is 5.54. The summed E-state index contributed by atoms with van der Waals surface area (Å²) in [5, 5.41) is 29.2. The van der Waals surface area contributed by atoms with Gasteiger partial charge in [0, 0.05) is 45.1 Å². The Balaban J connectivity index is 1.67. The number of pyridine rings is 1. The number of β-amino-alcohol motifs (C(OH)–C–C–N with tert-alkyl or cyclic N) is 2. The number of anilines is 1. The maximum Gasteiger partial charge on any atom is 0.419 e. The van der Waals surface area contributed by atoms with E-state index in [1.807, 2.05) is 4.90 Å². The van der Waals surface area contributed by atoms with E-state index in [1.165, 1.54) is 12.3 Å². The molecule has 0 saturated carbocycles. The topological polar surface area (TPSA) is 80.1 Å². The van der Waals surface area contributed by atoms with Gasteiger partial charge < -0.3 is 20.2 Å². The first-order valence-corrected chi connectivity index (χ1v) is 8.78. The maximum absolute atomic E-state index is 13.2. The Labute approximate surface area is 149 Å². The van der Waals surface area contributed by atoms with Crippen molar-refractivity contribution in [2.75, 3.05) is 37.6 Å². The summed E-state index contributed by atoms with van der Waals surface area (Å²) in [6.45, 7) is 2.07. The molecule has 0 amide bonds. The van der Waals surface area contributed by atoms with E-state index in [0.29, 0.717) is 19.6 Å². The average Bonchev–Trinajstić information content (AvgIpc) is 2.59. The minimum atomic E-state index is -4.45. The van der Waals surface area contributed by atoms with Crippen LogP contribution in [0.1, 0.15) is 18.4 Å². The van der Waals surface area contributed by atoms with Crippen molar-refractivity contribution in [3.8, 4) is 0 Å². The zero-order chi connectivity index (χ0) is 18.9. The number of piperidine rings is 2. The molecule has 3 heterocycles. The minimum Gasteiger partial charge on any atom is -0.389 e. The predicted octanol–water partition coefficient (Wildman–Crippen LogP) is 0.715. The summed E-state index contributed by atoms with van der Waals surface area (Å²) in [5.41, 5.74) is -0.584. The summed E-state index contributed by atoms with van der Waals surface area (Å²) in [6.07, 6.45) is -3.77. The van der Waals surface area contributed by atoms with Crippen LogP contribution in [0.5, 0.6) is 0 Å². The van der Waals surface area contributed by atoms with Gasteiger partial charge in [0.05, 0.1) is 23.5 Å². The Morgan fingerprint density at radius 2 is 1.81 bits per heavy atom. The SMILES string of the molecule is OC1CN(C[C@@H]2CCCN(c3ccncc3C(F)(F)F)C2)CC(O)C1O. The lowest BCUT2D eigenvalue weighted by atomic mass is 9.94. The van der Waals surface area contributed by atoms with Crippen molar-refractivity contribution in [1.29, 1.82) is 0 Å². The van der Waals surface area contributed by atoms with Gasteiger partial charge in [0.1, 0.15) is 6.10 Å². The van der Waals surface area contributed by atoms with E-state index < -0.39 is 30.1 Å². The number of aliphatic hydroxyl groups excluding tert-OH is 3. The molecule has 3 rings (SSSR count). The van der Waals surface area contributed by atoms with Crippen molar-refractivity contribution in [3.63, 3.8) is 0 Å². The molecule has 2 fully saturated rings. The van der Waals surface area contributed by atoms with Gasteiger partial charge in [-0.25, -0.2) is 0 Å². The van der Waals surface area contributed by atoms with Crippen LogP contribution in [0, 0.1) is 5.92 Å². The number of aromatic nitrogens is 1. The van der Waals surface area contributed by atoms with Crippen molar-refractivity contribution < 1.29 is 28.5 Å². The van der Waals surface area contributed by atoms with E-state index >= 15 is 0 Å². The summed E-state index contributed by atoms with van der Waals surface area (Å²) in [5.74, 6) is 0.118. The third kappa shape index (κ3) is 4.28. The second-order valence-corrected chi connectivity index (χ2v) is 7.19. The van der Waals surface area contributed by atoms with Crippen LogP contribution in [-0.4, -0.2) is 76.2 Å². The van der Waals surface area contributed by atoms with Crippen LogP contribution >= 0.6 is 0 Å². The molecule has 0 radical (unpaired) electrons. The number of alkyl halides is 3. The average molecular weight is 375 g/mol. The molecular weight excluding hydrogens is 351 g/mol. The lowest BCUT2D eigenvalue weighted by Gasteiger charge is -2.41. The minimum absolute atomic E-state index is 0.118. The number of rotatable bonds is 3. The van der Waals surface area contributed by atoms with Gasteiger partial charge in [0.15, 0.2) is 0 Å². The monoisotopic (exact) mass is 375 g/mol. The Morgan fingerprint density at radius 3 is 2.46 bits per heavy atom. The Hall–Kier alpha value is -1.42. The number of hydrogen-bond donors (Lipinski definition) is 3. The van der Waals surface area contributed by atoms with Crippen LogP contribution in [0.4, 0.5) is 18.9 Å². The second kappa shape index (κ2) is 7.67. The van der Waals surface area contributed by atoms with Gasteiger partial charge in [-0.2, -0.15) is 13.2 Å². The number of nitrogens with zero attached hydrogens (tertiary/aromatic N) is 3. The van der Waals surface area contributed by atoms with E-state index in [-0.39, 0.29) is 24.7 Å². The summed E-state index contributed by atoms with van der Waals surface area (Å²) < 4.78 is 39.7. The molecule has 146 valence electrons. The van der Waals surface area contributed by atoms with Crippen molar-refractivity contribution in [2.45, 2.75) is 37.3 Å². The molecular formula is C17H24F3N3O3. The van der Waals surface area contributed by atoms with Crippen molar-refractivity contribution in [2.24, 2.45) is 5.92 Å². The molecule has 26 heavy (non-hydrogen) atoms. The molecule has 3 N–H and O–H groups in total. The summed E-state index contributed by atoms with van der Waals surface area (Å²) >= 11 is 0. The van der Waals surface area contributed by atoms with Gasteiger partial charge in [-0.15, -0.1) is 0 Å². The van der Waals surface area contributed by atoms with E-state index in [1.54, 1.807) is 4.90 Å². The largest absolute Gasteiger partial charge is 0.419 e. The molecule has 6 nitrogen and oxygen atoms in total. The Bertz CT molecular complexity index is 604. The highest BCUT2D eigenvalue weighted by Gasteiger charge is 2.37. The molecule has 2 aliphatic rings. The smallest absolute Gasteiger partial charge is 0.389 e. The van der Waals surface area contributed by atoms with Gasteiger partial charge in [0.25, 0.3) is 0 Å². The highest BCUT2D eigenvalue weighted by Crippen LogP contribution is 2.37. The van der Waals surface area contributed by atoms with Crippen LogP contribution in [-0.2, 0) is 6.18 Å². The van der Waals surface area contributed by atoms with Crippen LogP contribution in [0.3, 0.4) is 0 Å². The third-order valence-corrected chi connectivity index (χ3v) is 5.16. The molecule has 9 heteroatoms. The van der Waals surface area contributed by atoms with Gasteiger partial charge in [-0.3, -0.25) is 9.88 Å². The van der Waals surface area contributed by atoms with Crippen LogP contribution < -0.4 is 4.90 Å². The fourth-order valence-electron chi connectivity index (χ4n) is 3.90. The lowest BCUT2D eigenvalue weighted by Crippen LogP contribution is -2.56. The summed E-state index contributed by atoms with van der Waals surface area (Å²) in [6, 6.07) is 1.40. The molecule has 0 aromatic carbocycles. The lowest BCUT2D eigenvalue weighted by molar-refractivity contribution is -0.137. The van der Waals surface area contributed by atoms with Crippen molar-refractivity contribution in [1.82, 2.24) is 9.88 Å². The first-order valence-electron chi connectivity index (χ1n) is 8.78. The number of halogens is 3. The summed E-state index contributed by atoms with van der Waals surface area (Å²) in [7, 11) is 0. The van der Waals surface area contributed by atoms with Gasteiger partial charge in [0.2, 0.25) is 0 Å². The molecule has 1 aromatic heterocycles. The fourth-order valence-corrected chi connectivity index (χ4v) is 3.90. The van der Waals surface area contributed by atoms with Crippen molar-refractivity contribution in [3.05, 3.63) is 24.0 Å². The Kier molecular flexibility index (Phi) is 5.71. The quantitative estimate of drug-likeness (QED) is 0.722. The Morgan fingerprint density at radius 1 is 1.12 bits per heavy atom. The predicted molar refractivity (Wildman–Crippen MR) is 88.6 cm³/mol. The van der Waals surface area contributed by atoms with E-state index in [4.69, 9.17) is 0 Å². The fraction of sp³-hybridized carbons (Fsp3) is 0.706. The van der Waals surface area contributed by atoms with Crippen LogP contribution in [0.25, 0.3) is 0 Å². The highest BCUT2D eigenvalue weighted by atomic mass is 19.4. The number of aliphatic hydroxyl groups is 3. The third-order valence-electron chi connectivity index (χ3n) is 5.16. The van der Waals surface area contributed by atoms with Crippen LogP contribution in [0.2, 0.25) is 0 Å². The first kappa shape index (κ1) is 19.3. The van der Waals surface area contributed by atoms with Crippen molar-refractivity contribution >= 4 is 5.69 Å². The molecule has 2 unspecified atom stereocenters. The van der Waals surface area contributed by atoms with E-state index in [0.717, 1.165) is 19.0 Å². The van der Waals surface area contributed by atoms with Gasteiger partial charge >= 0.3 is 6.18 Å². The molecule has 3 atom stereocenters. The zero-order valence-corrected chi connectivity index (χ0v) is 14.3. The van der Waals surface area contributed by atoms with E-state index in [9.17, 15) is 28.5 Å². The standard InChI is InChI=1S/C17H24F3N3O3/c18-17(19,20)12-6-21-4-3-13(12)23-5-1-2-11(8-23)7-22-9-14(24)16(26)15(25)10-22/h3-4,6,11,14-16,24-26H,1-2,5,7-10H2/t11-,14?,15?,16?/m0/s1. The molecule has 2 aliphatic heterocycles. The van der Waals surface area contributed by atoms with Gasteiger partial charge in [-0.05, 0) is 24.8 Å². The maximum atomic E-state index is 13.2. The first-order chi connectivity index (χ1) is 12.3. The zero-order valence-electron chi connectivity index (χ0n) is 14.3. The number of hydrogen-bond acceptors (Lipinski definition) is 6. The van der Waals surface area contributed by atoms with E-state index in [2.05, 4.69) is 4.98 Å². The normalized spacial score (nSPS) is 31.2. The summed E-state index contributed by atoms with van der Waals surface area (Å²) in [4.78, 5) is 7.22.